The van der Waals surface area contributed by atoms with Gasteiger partial charge in [-0.3, -0.25) is 0 Å². The number of hydrogen-bond donors (Lipinski definition) is 1. The molecule has 1 heterocycles. The molecule has 0 radical (unpaired) electrons. The highest BCUT2D eigenvalue weighted by atomic mass is 16.5. The van der Waals surface area contributed by atoms with Crippen LogP contribution in [-0.4, -0.2) is 35.7 Å². The fraction of sp³-hybridized carbons (Fsp3) is 0.727. The Balaban J connectivity index is 2.46. The van der Waals surface area contributed by atoms with E-state index in [0.29, 0.717) is 5.95 Å². The number of rotatable bonds is 8. The molecule has 6 heteroatoms. The third-order valence-corrected chi connectivity index (χ3v) is 2.27. The van der Waals surface area contributed by atoms with Crippen molar-refractivity contribution < 1.29 is 9.47 Å². The number of methoxy groups -OCH3 is 2. The molecule has 0 saturated carbocycles. The molecule has 1 aromatic heterocycles. The predicted molar refractivity (Wildman–Crippen MR) is 65.6 cm³/mol. The Bertz CT molecular complexity index is 311. The SMILES string of the molecule is CCCCCCNc1nc(OC)nc(OC)n1. The maximum absolute atomic E-state index is 4.96. The zero-order chi connectivity index (χ0) is 12.5. The van der Waals surface area contributed by atoms with E-state index in [0.717, 1.165) is 13.0 Å². The van der Waals surface area contributed by atoms with Gasteiger partial charge in [-0.2, -0.15) is 9.97 Å². The second kappa shape index (κ2) is 7.65. The summed E-state index contributed by atoms with van der Waals surface area (Å²) in [6.45, 7) is 3.03. The van der Waals surface area contributed by atoms with Crippen molar-refractivity contribution in [3.8, 4) is 12.0 Å². The Kier molecular flexibility index (Phi) is 6.06. The van der Waals surface area contributed by atoms with Crippen molar-refractivity contribution >= 4 is 5.95 Å². The van der Waals surface area contributed by atoms with E-state index >= 15 is 0 Å². The van der Waals surface area contributed by atoms with E-state index in [4.69, 9.17) is 9.47 Å². The highest BCUT2D eigenvalue weighted by Gasteiger charge is 2.05. The molecule has 1 N–H and O–H groups in total. The van der Waals surface area contributed by atoms with Gasteiger partial charge in [0.05, 0.1) is 14.2 Å². The molecule has 0 aromatic carbocycles. The van der Waals surface area contributed by atoms with E-state index in [-0.39, 0.29) is 12.0 Å². The highest BCUT2D eigenvalue weighted by Crippen LogP contribution is 2.12. The molecular weight excluding hydrogens is 220 g/mol. The Morgan fingerprint density at radius 3 is 2.12 bits per heavy atom. The van der Waals surface area contributed by atoms with Gasteiger partial charge in [-0.15, -0.1) is 4.98 Å². The number of hydrogen-bond acceptors (Lipinski definition) is 6. The average molecular weight is 240 g/mol. The van der Waals surface area contributed by atoms with E-state index in [2.05, 4.69) is 27.2 Å². The van der Waals surface area contributed by atoms with E-state index in [1.807, 2.05) is 0 Å². The van der Waals surface area contributed by atoms with E-state index in [1.54, 1.807) is 0 Å². The van der Waals surface area contributed by atoms with Gasteiger partial charge in [0.25, 0.3) is 0 Å². The van der Waals surface area contributed by atoms with Gasteiger partial charge in [0.15, 0.2) is 0 Å². The molecule has 1 aromatic rings. The van der Waals surface area contributed by atoms with Crippen LogP contribution in [0, 0.1) is 0 Å². The molecule has 0 aliphatic heterocycles. The van der Waals surface area contributed by atoms with Gasteiger partial charge in [0.1, 0.15) is 0 Å². The number of aromatic nitrogens is 3. The molecule has 0 aliphatic carbocycles. The summed E-state index contributed by atoms with van der Waals surface area (Å²) in [5.74, 6) is 0.491. The van der Waals surface area contributed by atoms with Crippen LogP contribution in [0.1, 0.15) is 32.6 Å². The summed E-state index contributed by atoms with van der Waals surface area (Å²) < 4.78 is 9.92. The lowest BCUT2D eigenvalue weighted by Crippen LogP contribution is -2.08. The second-order valence-electron chi connectivity index (χ2n) is 3.62. The molecular formula is C11H20N4O2. The average Bonchev–Trinajstić information content (AvgIpc) is 2.38. The first kappa shape index (κ1) is 13.5. The lowest BCUT2D eigenvalue weighted by molar-refractivity contribution is 0.341. The fourth-order valence-electron chi connectivity index (χ4n) is 1.35. The molecule has 0 unspecified atom stereocenters. The summed E-state index contributed by atoms with van der Waals surface area (Å²) in [5.41, 5.74) is 0. The molecule has 1 rings (SSSR count). The minimum atomic E-state index is 0.257. The smallest absolute Gasteiger partial charge is 0.324 e. The van der Waals surface area contributed by atoms with Crippen LogP contribution in [0.4, 0.5) is 5.95 Å². The van der Waals surface area contributed by atoms with Gasteiger partial charge in [0.2, 0.25) is 5.95 Å². The first-order valence-electron chi connectivity index (χ1n) is 5.88. The van der Waals surface area contributed by atoms with Crippen molar-refractivity contribution in [1.29, 1.82) is 0 Å². The van der Waals surface area contributed by atoms with Crippen LogP contribution in [0.3, 0.4) is 0 Å². The van der Waals surface area contributed by atoms with Crippen molar-refractivity contribution in [2.24, 2.45) is 0 Å². The quantitative estimate of drug-likeness (QED) is 0.700. The normalized spacial score (nSPS) is 10.1. The van der Waals surface area contributed by atoms with Gasteiger partial charge >= 0.3 is 12.0 Å². The minimum absolute atomic E-state index is 0.257. The Labute approximate surface area is 102 Å². The molecule has 0 bridgehead atoms. The molecule has 0 spiro atoms. The maximum Gasteiger partial charge on any atom is 0.324 e. The topological polar surface area (TPSA) is 69.2 Å². The van der Waals surface area contributed by atoms with Crippen LogP contribution >= 0.6 is 0 Å². The van der Waals surface area contributed by atoms with E-state index in [1.165, 1.54) is 33.5 Å². The van der Waals surface area contributed by atoms with Gasteiger partial charge in [0, 0.05) is 6.54 Å². The van der Waals surface area contributed by atoms with Crippen molar-refractivity contribution in [2.75, 3.05) is 26.1 Å². The number of nitrogens with one attached hydrogen (secondary N) is 1. The summed E-state index contributed by atoms with van der Waals surface area (Å²) in [6, 6.07) is 0.515. The van der Waals surface area contributed by atoms with Crippen molar-refractivity contribution in [3.63, 3.8) is 0 Å². The third kappa shape index (κ3) is 4.84. The van der Waals surface area contributed by atoms with Gasteiger partial charge < -0.3 is 14.8 Å². The van der Waals surface area contributed by atoms with Gasteiger partial charge in [-0.25, -0.2) is 0 Å². The zero-order valence-electron chi connectivity index (χ0n) is 10.7. The first-order valence-corrected chi connectivity index (χ1v) is 5.88. The largest absolute Gasteiger partial charge is 0.467 e. The molecule has 0 amide bonds. The van der Waals surface area contributed by atoms with Crippen molar-refractivity contribution in [1.82, 2.24) is 15.0 Å². The van der Waals surface area contributed by atoms with Gasteiger partial charge in [-0.05, 0) is 6.42 Å². The Hall–Kier alpha value is -1.59. The number of ether oxygens (including phenoxy) is 2. The van der Waals surface area contributed by atoms with E-state index in [9.17, 15) is 0 Å². The molecule has 0 fully saturated rings. The second-order valence-corrected chi connectivity index (χ2v) is 3.62. The third-order valence-electron chi connectivity index (χ3n) is 2.27. The molecule has 0 atom stereocenters. The maximum atomic E-state index is 4.96. The standard InChI is InChI=1S/C11H20N4O2/c1-4-5-6-7-8-12-9-13-10(16-2)15-11(14-9)17-3/h4-8H2,1-3H3,(H,12,13,14,15). The van der Waals surface area contributed by atoms with Crippen LogP contribution < -0.4 is 14.8 Å². The van der Waals surface area contributed by atoms with E-state index < -0.39 is 0 Å². The number of anilines is 1. The molecule has 6 nitrogen and oxygen atoms in total. The van der Waals surface area contributed by atoms with Crippen LogP contribution in [0.15, 0.2) is 0 Å². The van der Waals surface area contributed by atoms with Gasteiger partial charge in [-0.1, -0.05) is 26.2 Å². The monoisotopic (exact) mass is 240 g/mol. The zero-order valence-corrected chi connectivity index (χ0v) is 10.7. The first-order chi connectivity index (χ1) is 8.30. The fourth-order valence-corrected chi connectivity index (χ4v) is 1.35. The molecule has 0 saturated heterocycles. The van der Waals surface area contributed by atoms with Crippen molar-refractivity contribution in [3.05, 3.63) is 0 Å². The molecule has 96 valence electrons. The lowest BCUT2D eigenvalue weighted by atomic mass is 10.2. The molecule has 17 heavy (non-hydrogen) atoms. The van der Waals surface area contributed by atoms with Crippen LogP contribution in [0.25, 0.3) is 0 Å². The van der Waals surface area contributed by atoms with Crippen molar-refractivity contribution in [2.45, 2.75) is 32.6 Å². The summed E-state index contributed by atoms with van der Waals surface area (Å²) in [4.78, 5) is 12.1. The molecule has 0 aliphatic rings. The number of unbranched alkanes of at least 4 members (excludes halogenated alkanes) is 3. The predicted octanol–water partition coefficient (Wildman–Crippen LogP) is 1.88. The van der Waals surface area contributed by atoms with Crippen LogP contribution in [0.5, 0.6) is 12.0 Å². The summed E-state index contributed by atoms with van der Waals surface area (Å²) in [7, 11) is 3.03. The summed E-state index contributed by atoms with van der Waals surface area (Å²) in [6.07, 6.45) is 4.80. The summed E-state index contributed by atoms with van der Waals surface area (Å²) in [5, 5.41) is 3.13. The Morgan fingerprint density at radius 1 is 0.941 bits per heavy atom. The highest BCUT2D eigenvalue weighted by molar-refractivity contribution is 5.27. The Morgan fingerprint density at radius 2 is 1.59 bits per heavy atom. The lowest BCUT2D eigenvalue weighted by Gasteiger charge is -2.06. The van der Waals surface area contributed by atoms with Crippen LogP contribution in [0.2, 0.25) is 0 Å². The number of nitrogens with zero attached hydrogens (tertiary/aromatic N) is 3. The van der Waals surface area contributed by atoms with Crippen LogP contribution in [-0.2, 0) is 0 Å². The minimum Gasteiger partial charge on any atom is -0.467 e. The summed E-state index contributed by atoms with van der Waals surface area (Å²) >= 11 is 0.